The molecule has 3 aromatic carbocycles. The Morgan fingerprint density at radius 3 is 2.13 bits per heavy atom. The van der Waals surface area contributed by atoms with Crippen LogP contribution in [0.4, 0.5) is 17.1 Å². The first-order valence-electron chi connectivity index (χ1n) is 9.87. The first-order valence-corrected chi connectivity index (χ1v) is 10.6. The Balaban J connectivity index is 1.74. The number of anilines is 3. The van der Waals surface area contributed by atoms with Crippen LogP contribution in [-0.2, 0) is 4.74 Å². The van der Waals surface area contributed by atoms with E-state index in [9.17, 15) is 9.59 Å². The number of rotatable bonds is 4. The van der Waals surface area contributed by atoms with Crippen LogP contribution >= 0.6 is 23.2 Å². The number of carbonyl (C=O) groups is 2. The average molecular weight is 455 g/mol. The molecule has 7 heteroatoms. The van der Waals surface area contributed by atoms with Gasteiger partial charge in [0.05, 0.1) is 39.2 Å². The minimum atomic E-state index is -0.367. The molecule has 0 saturated carbocycles. The maximum Gasteiger partial charge on any atom is 0.338 e. The number of nitrogens with zero attached hydrogens (tertiary/aromatic N) is 2. The Hall–Kier alpha value is -3.02. The summed E-state index contributed by atoms with van der Waals surface area (Å²) in [6.07, 6.45) is -0.342. The van der Waals surface area contributed by atoms with Crippen LogP contribution < -0.4 is 9.80 Å². The van der Waals surface area contributed by atoms with Gasteiger partial charge in [-0.15, -0.1) is 0 Å². The van der Waals surface area contributed by atoms with E-state index in [-0.39, 0.29) is 23.6 Å². The predicted octanol–water partition coefficient (Wildman–Crippen LogP) is 6.31. The van der Waals surface area contributed by atoms with Crippen LogP contribution in [0.15, 0.2) is 66.7 Å². The Kier molecular flexibility index (Phi) is 5.90. The lowest BCUT2D eigenvalue weighted by Crippen LogP contribution is -2.42. The molecule has 0 saturated heterocycles. The predicted molar refractivity (Wildman–Crippen MR) is 124 cm³/mol. The van der Waals surface area contributed by atoms with Crippen LogP contribution in [0.25, 0.3) is 0 Å². The molecule has 0 bridgehead atoms. The molecule has 4 rings (SSSR count). The zero-order chi connectivity index (χ0) is 22.1. The van der Waals surface area contributed by atoms with Crippen LogP contribution in [-0.4, -0.2) is 24.6 Å². The zero-order valence-electron chi connectivity index (χ0n) is 17.0. The molecular weight excluding hydrogens is 435 g/mol. The van der Waals surface area contributed by atoms with E-state index < -0.39 is 0 Å². The second-order valence-electron chi connectivity index (χ2n) is 7.03. The molecule has 0 radical (unpaired) electrons. The highest BCUT2D eigenvalue weighted by Gasteiger charge is 2.38. The van der Waals surface area contributed by atoms with Crippen molar-refractivity contribution in [3.63, 3.8) is 0 Å². The number of halogens is 2. The molecule has 1 atom stereocenters. The Morgan fingerprint density at radius 1 is 0.903 bits per heavy atom. The molecule has 0 aliphatic carbocycles. The third kappa shape index (κ3) is 3.75. The van der Waals surface area contributed by atoms with E-state index in [1.807, 2.05) is 48.2 Å². The van der Waals surface area contributed by atoms with E-state index in [1.54, 1.807) is 42.2 Å². The van der Waals surface area contributed by atoms with Gasteiger partial charge in [0.1, 0.15) is 6.17 Å². The minimum Gasteiger partial charge on any atom is -0.462 e. The third-order valence-corrected chi connectivity index (χ3v) is 5.83. The van der Waals surface area contributed by atoms with Crippen molar-refractivity contribution < 1.29 is 14.3 Å². The summed E-state index contributed by atoms with van der Waals surface area (Å²) in [6, 6.07) is 19.8. The van der Waals surface area contributed by atoms with E-state index >= 15 is 0 Å². The van der Waals surface area contributed by atoms with Crippen LogP contribution in [0.2, 0.25) is 10.0 Å². The summed E-state index contributed by atoms with van der Waals surface area (Å²) in [5.41, 5.74) is 3.21. The van der Waals surface area contributed by atoms with Gasteiger partial charge in [-0.25, -0.2) is 4.79 Å². The SMILES string of the molecule is CCOC(=O)c1ccc(N2c3ccccc3N(C(=O)c3c(Cl)cccc3Cl)C2C)cc1. The third-order valence-electron chi connectivity index (χ3n) is 5.20. The number of fused-ring (bicyclic) bond motifs is 1. The number of hydrogen-bond donors (Lipinski definition) is 0. The van der Waals surface area contributed by atoms with Gasteiger partial charge in [-0.05, 0) is 62.4 Å². The molecular formula is C24H20Cl2N2O3. The van der Waals surface area contributed by atoms with Gasteiger partial charge in [-0.1, -0.05) is 41.4 Å². The molecule has 0 aromatic heterocycles. The number of hydrogen-bond acceptors (Lipinski definition) is 4. The summed E-state index contributed by atoms with van der Waals surface area (Å²) in [4.78, 5) is 29.2. The molecule has 158 valence electrons. The number of benzene rings is 3. The number of esters is 1. The van der Waals surface area contributed by atoms with E-state index in [4.69, 9.17) is 27.9 Å². The largest absolute Gasteiger partial charge is 0.462 e. The highest BCUT2D eigenvalue weighted by atomic mass is 35.5. The number of carbonyl (C=O) groups excluding carboxylic acids is 2. The maximum atomic E-state index is 13.5. The van der Waals surface area contributed by atoms with Gasteiger partial charge in [0, 0.05) is 5.69 Å². The van der Waals surface area contributed by atoms with Gasteiger partial charge in [0.2, 0.25) is 0 Å². The van der Waals surface area contributed by atoms with Gasteiger partial charge in [-0.3, -0.25) is 9.69 Å². The van der Waals surface area contributed by atoms with Crippen molar-refractivity contribution in [3.05, 3.63) is 87.9 Å². The lowest BCUT2D eigenvalue weighted by atomic mass is 10.1. The molecule has 0 N–H and O–H groups in total. The Morgan fingerprint density at radius 2 is 1.52 bits per heavy atom. The van der Waals surface area contributed by atoms with Crippen LogP contribution in [0.5, 0.6) is 0 Å². The molecule has 1 aliphatic rings. The number of ether oxygens (including phenoxy) is 1. The van der Waals surface area contributed by atoms with E-state index in [0.29, 0.717) is 22.2 Å². The van der Waals surface area contributed by atoms with E-state index in [1.165, 1.54) is 0 Å². The topological polar surface area (TPSA) is 49.9 Å². The van der Waals surface area contributed by atoms with Crippen molar-refractivity contribution >= 4 is 52.1 Å². The quantitative estimate of drug-likeness (QED) is 0.433. The van der Waals surface area contributed by atoms with Gasteiger partial charge < -0.3 is 9.64 Å². The Labute approximate surface area is 190 Å². The average Bonchev–Trinajstić information content (AvgIpc) is 3.05. The molecule has 3 aromatic rings. The summed E-state index contributed by atoms with van der Waals surface area (Å²) >= 11 is 12.6. The summed E-state index contributed by atoms with van der Waals surface area (Å²) in [7, 11) is 0. The van der Waals surface area contributed by atoms with Crippen LogP contribution in [0.3, 0.4) is 0 Å². The van der Waals surface area contributed by atoms with Crippen molar-refractivity contribution in [2.75, 3.05) is 16.4 Å². The smallest absolute Gasteiger partial charge is 0.338 e. The Bertz CT molecular complexity index is 1130. The highest BCUT2D eigenvalue weighted by Crippen LogP contribution is 2.45. The summed E-state index contributed by atoms with van der Waals surface area (Å²) in [6.45, 7) is 4.02. The second-order valence-corrected chi connectivity index (χ2v) is 7.84. The van der Waals surface area contributed by atoms with Gasteiger partial charge >= 0.3 is 5.97 Å². The first kappa shape index (κ1) is 21.2. The molecule has 1 amide bonds. The normalized spacial score (nSPS) is 15.0. The van der Waals surface area contributed by atoms with Gasteiger partial charge in [0.25, 0.3) is 5.91 Å². The molecule has 0 spiro atoms. The van der Waals surface area contributed by atoms with E-state index in [0.717, 1.165) is 17.1 Å². The monoisotopic (exact) mass is 454 g/mol. The summed E-state index contributed by atoms with van der Waals surface area (Å²) in [5, 5.41) is 0.610. The van der Waals surface area contributed by atoms with Crippen molar-refractivity contribution in [2.24, 2.45) is 0 Å². The summed E-state index contributed by atoms with van der Waals surface area (Å²) < 4.78 is 5.06. The summed E-state index contributed by atoms with van der Waals surface area (Å²) in [5.74, 6) is -0.643. The van der Waals surface area contributed by atoms with Crippen molar-refractivity contribution in [2.45, 2.75) is 20.0 Å². The number of amides is 1. The molecule has 1 aliphatic heterocycles. The van der Waals surface area contributed by atoms with Crippen molar-refractivity contribution in [3.8, 4) is 0 Å². The van der Waals surface area contributed by atoms with E-state index in [2.05, 4.69) is 0 Å². The van der Waals surface area contributed by atoms with Gasteiger partial charge in [0.15, 0.2) is 0 Å². The molecule has 31 heavy (non-hydrogen) atoms. The van der Waals surface area contributed by atoms with Crippen LogP contribution in [0.1, 0.15) is 34.6 Å². The molecule has 5 nitrogen and oxygen atoms in total. The van der Waals surface area contributed by atoms with Gasteiger partial charge in [-0.2, -0.15) is 0 Å². The fraction of sp³-hybridized carbons (Fsp3) is 0.167. The fourth-order valence-corrected chi connectivity index (χ4v) is 4.38. The number of para-hydroxylation sites is 2. The van der Waals surface area contributed by atoms with Crippen molar-refractivity contribution in [1.29, 1.82) is 0 Å². The lowest BCUT2D eigenvalue weighted by Gasteiger charge is -2.29. The first-order chi connectivity index (χ1) is 14.9. The minimum absolute atomic E-state index is 0.270. The molecule has 1 heterocycles. The van der Waals surface area contributed by atoms with Crippen LogP contribution in [0, 0.1) is 0 Å². The van der Waals surface area contributed by atoms with Crippen molar-refractivity contribution in [1.82, 2.24) is 0 Å². The molecule has 1 unspecified atom stereocenters. The highest BCUT2D eigenvalue weighted by molar-refractivity contribution is 6.40. The second kappa shape index (κ2) is 8.61. The lowest BCUT2D eigenvalue weighted by molar-refractivity contribution is 0.0526. The zero-order valence-corrected chi connectivity index (χ0v) is 18.5. The molecule has 0 fully saturated rings. The standard InChI is InChI=1S/C24H20Cl2N2O3/c1-3-31-24(30)16-11-13-17(14-12-16)27-15(2)28(21-10-5-4-9-20(21)27)23(29)22-18(25)7-6-8-19(22)26/h4-15H,3H2,1-2H3. The fourth-order valence-electron chi connectivity index (χ4n) is 3.82. The maximum absolute atomic E-state index is 13.5.